The molecular formula is C25H33F2N3O2. The normalized spacial score (nSPS) is 17.1. The third kappa shape index (κ3) is 5.44. The van der Waals surface area contributed by atoms with Crippen molar-refractivity contribution in [1.29, 1.82) is 0 Å². The van der Waals surface area contributed by atoms with Gasteiger partial charge in [0.25, 0.3) is 5.92 Å². The lowest BCUT2D eigenvalue weighted by Crippen LogP contribution is -2.43. The van der Waals surface area contributed by atoms with Crippen LogP contribution in [-0.2, 0) is 11.2 Å². The lowest BCUT2D eigenvalue weighted by molar-refractivity contribution is -0.123. The Morgan fingerprint density at radius 1 is 1.31 bits per heavy atom. The Labute approximate surface area is 188 Å². The van der Waals surface area contributed by atoms with Crippen LogP contribution in [-0.4, -0.2) is 53.5 Å². The molecule has 0 unspecified atom stereocenters. The summed E-state index contributed by atoms with van der Waals surface area (Å²) in [5.74, 6) is -3.45. The number of phenols is 1. The van der Waals surface area contributed by atoms with Crippen molar-refractivity contribution in [3.63, 3.8) is 0 Å². The summed E-state index contributed by atoms with van der Waals surface area (Å²) in [5, 5.41) is 12.6. The van der Waals surface area contributed by atoms with Crippen molar-refractivity contribution in [2.24, 2.45) is 5.41 Å². The van der Waals surface area contributed by atoms with E-state index in [1.807, 2.05) is 32.0 Å². The van der Waals surface area contributed by atoms with Crippen LogP contribution in [0, 0.1) is 12.3 Å². The molecule has 1 saturated carbocycles. The minimum Gasteiger partial charge on any atom is -0.508 e. The fourth-order valence-electron chi connectivity index (χ4n) is 4.53. The molecule has 1 amide bonds. The van der Waals surface area contributed by atoms with E-state index >= 15 is 0 Å². The Kier molecular flexibility index (Phi) is 7.18. The number of carbonyl (C=O) groups excluding carboxylic acids is 1. The molecule has 1 aliphatic rings. The molecule has 1 aromatic heterocycles. The van der Waals surface area contributed by atoms with E-state index < -0.39 is 17.3 Å². The highest BCUT2D eigenvalue weighted by atomic mass is 19.3. The van der Waals surface area contributed by atoms with E-state index in [-0.39, 0.29) is 24.1 Å². The zero-order valence-corrected chi connectivity index (χ0v) is 19.2. The third-order valence-corrected chi connectivity index (χ3v) is 6.85. The maximum Gasteiger partial charge on any atom is 0.251 e. The summed E-state index contributed by atoms with van der Waals surface area (Å²) in [6.07, 6.45) is 4.72. The number of nitrogens with one attached hydrogen (secondary N) is 1. The van der Waals surface area contributed by atoms with Gasteiger partial charge in [0.1, 0.15) is 5.75 Å². The molecular weight excluding hydrogens is 412 g/mol. The maximum absolute atomic E-state index is 14.5. The van der Waals surface area contributed by atoms with Gasteiger partial charge in [-0.15, -0.1) is 0 Å². The van der Waals surface area contributed by atoms with Gasteiger partial charge >= 0.3 is 0 Å². The number of benzene rings is 1. The van der Waals surface area contributed by atoms with Crippen LogP contribution in [0.15, 0.2) is 42.7 Å². The van der Waals surface area contributed by atoms with E-state index in [1.165, 1.54) is 0 Å². The van der Waals surface area contributed by atoms with Crippen LogP contribution in [0.3, 0.4) is 0 Å². The number of amides is 1. The van der Waals surface area contributed by atoms with Crippen molar-refractivity contribution in [2.75, 3.05) is 20.6 Å². The molecule has 2 aromatic rings. The Hall–Kier alpha value is -2.54. The minimum atomic E-state index is -2.86. The molecule has 2 atom stereocenters. The van der Waals surface area contributed by atoms with Crippen LogP contribution in [0.2, 0.25) is 0 Å². The van der Waals surface area contributed by atoms with E-state index in [1.54, 1.807) is 36.7 Å². The number of halogens is 2. The second kappa shape index (κ2) is 9.53. The van der Waals surface area contributed by atoms with Crippen LogP contribution in [0.25, 0.3) is 0 Å². The summed E-state index contributed by atoms with van der Waals surface area (Å²) < 4.78 is 29.0. The fourth-order valence-corrected chi connectivity index (χ4v) is 4.53. The molecule has 1 fully saturated rings. The quantitative estimate of drug-likeness (QED) is 0.573. The average molecular weight is 446 g/mol. The monoisotopic (exact) mass is 445 g/mol. The average Bonchev–Trinajstić information content (AvgIpc) is 3.53. The molecule has 0 spiro atoms. The van der Waals surface area contributed by atoms with E-state index in [2.05, 4.69) is 10.3 Å². The van der Waals surface area contributed by atoms with Gasteiger partial charge in [-0.2, -0.15) is 0 Å². The molecule has 0 saturated heterocycles. The fraction of sp³-hybridized carbons (Fsp3) is 0.520. The SMILES string of the molecule is Cc1cc(O)ccc1C[C@@H](CNC(=O)C[C@@H](c1cccnc1)C1(C(C)(F)F)CC1)N(C)C. The van der Waals surface area contributed by atoms with E-state index in [0.717, 1.165) is 18.1 Å². The number of pyridine rings is 1. The Bertz CT molecular complexity index is 925. The Morgan fingerprint density at radius 2 is 2.03 bits per heavy atom. The molecule has 1 aliphatic carbocycles. The molecule has 1 heterocycles. The van der Waals surface area contributed by atoms with Crippen molar-refractivity contribution in [3.05, 3.63) is 59.4 Å². The second-order valence-electron chi connectivity index (χ2n) is 9.32. The molecule has 0 radical (unpaired) electrons. The summed E-state index contributed by atoms with van der Waals surface area (Å²) in [7, 11) is 3.89. The standard InChI is InChI=1S/C25H33F2N3O2/c1-17-12-21(31)8-7-18(17)13-20(30(3)4)16-29-23(32)14-22(19-6-5-11-28-15-19)25(9-10-25)24(2,26)27/h5-8,11-12,15,20,22,31H,9-10,13-14,16H2,1-4H3,(H,29,32)/t20-,22-/m0/s1. The van der Waals surface area contributed by atoms with Gasteiger partial charge in [0, 0.05) is 42.7 Å². The summed E-state index contributed by atoms with van der Waals surface area (Å²) in [6.45, 7) is 3.31. The summed E-state index contributed by atoms with van der Waals surface area (Å²) in [4.78, 5) is 19.0. The van der Waals surface area contributed by atoms with Gasteiger partial charge in [0.15, 0.2) is 0 Å². The number of aryl methyl sites for hydroxylation is 1. The second-order valence-corrected chi connectivity index (χ2v) is 9.32. The van der Waals surface area contributed by atoms with Gasteiger partial charge in [-0.25, -0.2) is 8.78 Å². The highest BCUT2D eigenvalue weighted by molar-refractivity contribution is 5.77. The van der Waals surface area contributed by atoms with Crippen molar-refractivity contribution in [2.45, 2.75) is 57.4 Å². The molecule has 1 aromatic carbocycles. The van der Waals surface area contributed by atoms with Crippen LogP contribution < -0.4 is 5.32 Å². The smallest absolute Gasteiger partial charge is 0.251 e. The summed E-state index contributed by atoms with van der Waals surface area (Å²) in [5.41, 5.74) is 1.58. The molecule has 32 heavy (non-hydrogen) atoms. The van der Waals surface area contributed by atoms with Gasteiger partial charge in [0.2, 0.25) is 5.91 Å². The number of hydrogen-bond acceptors (Lipinski definition) is 4. The lowest BCUT2D eigenvalue weighted by atomic mass is 9.77. The molecule has 2 N–H and O–H groups in total. The number of phenolic OH excluding ortho intramolecular Hbond substituents is 1. The zero-order valence-electron chi connectivity index (χ0n) is 19.2. The maximum atomic E-state index is 14.5. The highest BCUT2D eigenvalue weighted by Gasteiger charge is 2.63. The number of aromatic hydroxyl groups is 1. The Morgan fingerprint density at radius 3 is 2.56 bits per heavy atom. The summed E-state index contributed by atoms with van der Waals surface area (Å²) >= 11 is 0. The molecule has 3 rings (SSSR count). The number of aromatic nitrogens is 1. The van der Waals surface area contributed by atoms with Crippen molar-refractivity contribution in [3.8, 4) is 5.75 Å². The number of rotatable bonds is 10. The minimum absolute atomic E-state index is 0.00745. The van der Waals surface area contributed by atoms with Crippen molar-refractivity contribution >= 4 is 5.91 Å². The lowest BCUT2D eigenvalue weighted by Gasteiger charge is -2.32. The van der Waals surface area contributed by atoms with Crippen LogP contribution in [0.5, 0.6) is 5.75 Å². The van der Waals surface area contributed by atoms with Gasteiger partial charge in [0.05, 0.1) is 0 Å². The number of likely N-dealkylation sites (N-methyl/N-ethyl adjacent to an activating group) is 1. The number of alkyl halides is 2. The van der Waals surface area contributed by atoms with Gasteiger partial charge < -0.3 is 15.3 Å². The Balaban J connectivity index is 1.69. The zero-order chi connectivity index (χ0) is 23.5. The molecule has 5 nitrogen and oxygen atoms in total. The van der Waals surface area contributed by atoms with Crippen LogP contribution >= 0.6 is 0 Å². The van der Waals surface area contributed by atoms with Crippen molar-refractivity contribution in [1.82, 2.24) is 15.2 Å². The van der Waals surface area contributed by atoms with Gasteiger partial charge in [-0.05, 0) is 82.1 Å². The largest absolute Gasteiger partial charge is 0.508 e. The number of carbonyl (C=O) groups is 1. The third-order valence-electron chi connectivity index (χ3n) is 6.85. The number of hydrogen-bond donors (Lipinski definition) is 2. The van der Waals surface area contributed by atoms with E-state index in [9.17, 15) is 18.7 Å². The summed E-state index contributed by atoms with van der Waals surface area (Å²) in [6, 6.07) is 8.81. The molecule has 0 bridgehead atoms. The predicted molar refractivity (Wildman–Crippen MR) is 121 cm³/mol. The molecule has 7 heteroatoms. The first-order valence-electron chi connectivity index (χ1n) is 11.0. The first kappa shape index (κ1) is 24.1. The van der Waals surface area contributed by atoms with E-state index in [4.69, 9.17) is 0 Å². The van der Waals surface area contributed by atoms with Gasteiger partial charge in [-0.1, -0.05) is 12.1 Å². The molecule has 0 aliphatic heterocycles. The number of nitrogens with zero attached hydrogens (tertiary/aromatic N) is 2. The van der Waals surface area contributed by atoms with Crippen LogP contribution in [0.1, 0.15) is 48.8 Å². The first-order chi connectivity index (χ1) is 15.0. The predicted octanol–water partition coefficient (Wildman–Crippen LogP) is 4.29. The molecule has 174 valence electrons. The van der Waals surface area contributed by atoms with Crippen LogP contribution in [0.4, 0.5) is 8.78 Å². The van der Waals surface area contributed by atoms with Crippen molar-refractivity contribution < 1.29 is 18.7 Å². The first-order valence-corrected chi connectivity index (χ1v) is 11.0. The van der Waals surface area contributed by atoms with Gasteiger partial charge in [-0.3, -0.25) is 9.78 Å². The topological polar surface area (TPSA) is 65.5 Å². The highest BCUT2D eigenvalue weighted by Crippen LogP contribution is 2.65. The van der Waals surface area contributed by atoms with E-state index in [0.29, 0.717) is 31.4 Å².